The summed E-state index contributed by atoms with van der Waals surface area (Å²) in [7, 11) is 0. The fraction of sp³-hybridized carbons (Fsp3) is 0.429. The van der Waals surface area contributed by atoms with E-state index in [0.717, 1.165) is 10.8 Å². The second-order valence-corrected chi connectivity index (χ2v) is 4.11. The van der Waals surface area contributed by atoms with E-state index >= 15 is 0 Å². The molecule has 0 bridgehead atoms. The summed E-state index contributed by atoms with van der Waals surface area (Å²) in [6.45, 7) is 1.39. The number of pyridine rings is 1. The first-order chi connectivity index (χ1) is 10.3. The average molecular weight is 317 g/mol. The van der Waals surface area contributed by atoms with E-state index in [0.29, 0.717) is 6.07 Å². The summed E-state index contributed by atoms with van der Waals surface area (Å²) in [5.74, 6) is 1.07. The Morgan fingerprint density at radius 2 is 2.14 bits per heavy atom. The minimum absolute atomic E-state index is 0.0140. The highest BCUT2D eigenvalue weighted by atomic mass is 19.4. The molecule has 5 nitrogen and oxygen atoms in total. The summed E-state index contributed by atoms with van der Waals surface area (Å²) < 4.78 is 49.2. The summed E-state index contributed by atoms with van der Waals surface area (Å²) in [4.78, 5) is 23.4. The zero-order valence-electron chi connectivity index (χ0n) is 11.8. The number of alkyl halides is 3. The fourth-order valence-corrected chi connectivity index (χ4v) is 1.65. The Morgan fingerprint density at radius 3 is 2.68 bits per heavy atom. The van der Waals surface area contributed by atoms with Crippen LogP contribution in [-0.4, -0.2) is 30.4 Å². The van der Waals surface area contributed by atoms with E-state index in [1.54, 1.807) is 0 Å². The van der Waals surface area contributed by atoms with Crippen molar-refractivity contribution in [2.75, 3.05) is 19.8 Å². The molecule has 0 unspecified atom stereocenters. The molecule has 0 spiro atoms. The molecule has 0 aliphatic carbocycles. The zero-order valence-corrected chi connectivity index (χ0v) is 11.8. The Hall–Kier alpha value is -2.27. The van der Waals surface area contributed by atoms with Crippen LogP contribution in [0.25, 0.3) is 0 Å². The largest absolute Gasteiger partial charge is 0.462 e. The van der Waals surface area contributed by atoms with E-state index in [4.69, 9.17) is 11.2 Å². The van der Waals surface area contributed by atoms with Gasteiger partial charge in [0.25, 0.3) is 5.56 Å². The molecule has 0 atom stereocenters. The molecule has 0 amide bonds. The van der Waals surface area contributed by atoms with Crippen molar-refractivity contribution in [1.29, 1.82) is 0 Å². The van der Waals surface area contributed by atoms with Gasteiger partial charge in [0.15, 0.2) is 0 Å². The van der Waals surface area contributed by atoms with Crippen LogP contribution in [-0.2, 0) is 22.2 Å². The Labute approximate surface area is 124 Å². The van der Waals surface area contributed by atoms with E-state index in [2.05, 4.69) is 10.7 Å². The van der Waals surface area contributed by atoms with Crippen molar-refractivity contribution in [3.8, 4) is 12.3 Å². The van der Waals surface area contributed by atoms with Crippen LogP contribution in [0, 0.1) is 12.3 Å². The van der Waals surface area contributed by atoms with Crippen LogP contribution in [0.15, 0.2) is 17.1 Å². The maximum atomic E-state index is 12.9. The molecule has 1 aromatic rings. The number of ether oxygens (including phenoxy) is 2. The summed E-state index contributed by atoms with van der Waals surface area (Å²) in [5.41, 5.74) is -2.94. The van der Waals surface area contributed by atoms with Crippen molar-refractivity contribution < 1.29 is 27.4 Å². The van der Waals surface area contributed by atoms with Gasteiger partial charge in [0, 0.05) is 18.8 Å². The molecule has 0 aliphatic rings. The van der Waals surface area contributed by atoms with Crippen molar-refractivity contribution in [3.63, 3.8) is 0 Å². The van der Waals surface area contributed by atoms with Crippen molar-refractivity contribution in [2.45, 2.75) is 19.6 Å². The normalized spacial score (nSPS) is 11.0. The number of esters is 1. The summed E-state index contributed by atoms with van der Waals surface area (Å²) >= 11 is 0. The lowest BCUT2D eigenvalue weighted by Crippen LogP contribution is -2.27. The van der Waals surface area contributed by atoms with Gasteiger partial charge in [0.2, 0.25) is 0 Å². The van der Waals surface area contributed by atoms with Crippen molar-refractivity contribution in [3.05, 3.63) is 33.7 Å². The predicted molar refractivity (Wildman–Crippen MR) is 71.3 cm³/mol. The Bertz CT molecular complexity index is 628. The van der Waals surface area contributed by atoms with Gasteiger partial charge >= 0.3 is 12.1 Å². The highest BCUT2D eigenvalue weighted by Crippen LogP contribution is 2.31. The van der Waals surface area contributed by atoms with Gasteiger partial charge in [-0.1, -0.05) is 5.92 Å². The Morgan fingerprint density at radius 1 is 1.45 bits per heavy atom. The second kappa shape index (κ2) is 7.66. The molecule has 1 rings (SSSR count). The molecule has 22 heavy (non-hydrogen) atoms. The Kier molecular flexibility index (Phi) is 6.19. The first-order valence-corrected chi connectivity index (χ1v) is 6.31. The highest BCUT2D eigenvalue weighted by molar-refractivity contribution is 5.91. The number of hydrogen-bond acceptors (Lipinski definition) is 4. The maximum Gasteiger partial charge on any atom is 0.417 e. The third-order valence-electron chi connectivity index (χ3n) is 2.59. The minimum atomic E-state index is -4.83. The molecule has 8 heteroatoms. The van der Waals surface area contributed by atoms with Crippen LogP contribution in [0.1, 0.15) is 22.8 Å². The number of aromatic nitrogens is 1. The van der Waals surface area contributed by atoms with Gasteiger partial charge in [-0.3, -0.25) is 4.79 Å². The topological polar surface area (TPSA) is 57.5 Å². The smallest absolute Gasteiger partial charge is 0.417 e. The molecule has 0 saturated heterocycles. The number of nitrogens with zero attached hydrogens (tertiary/aromatic N) is 1. The van der Waals surface area contributed by atoms with E-state index in [-0.39, 0.29) is 26.4 Å². The van der Waals surface area contributed by atoms with Gasteiger partial charge in [-0.2, -0.15) is 13.2 Å². The van der Waals surface area contributed by atoms with Crippen molar-refractivity contribution in [2.24, 2.45) is 0 Å². The van der Waals surface area contributed by atoms with Gasteiger partial charge in [-0.05, 0) is 6.92 Å². The van der Waals surface area contributed by atoms with Crippen molar-refractivity contribution in [1.82, 2.24) is 4.57 Å². The summed E-state index contributed by atoms with van der Waals surface area (Å²) in [6, 6.07) is 0.368. The average Bonchev–Trinajstić information content (AvgIpc) is 2.43. The molecule has 0 aliphatic heterocycles. The molecule has 0 N–H and O–H groups in total. The quantitative estimate of drug-likeness (QED) is 0.455. The molecule has 0 radical (unpaired) electrons. The lowest BCUT2D eigenvalue weighted by Gasteiger charge is -2.14. The molecule has 120 valence electrons. The summed E-state index contributed by atoms with van der Waals surface area (Å²) in [6.07, 6.45) is 0.962. The molecule has 1 aromatic heterocycles. The standard InChI is InChI=1S/C14H14F3NO4/c1-3-6-21-7-5-18-9-10(13(20)22-4-2)11(8-12(18)19)14(15,16)17/h1,8-9H,4-7H2,2H3. The lowest BCUT2D eigenvalue weighted by atomic mass is 10.1. The SMILES string of the molecule is C#CCOCCn1cc(C(=O)OCC)c(C(F)(F)F)cc1=O. The molecule has 0 fully saturated rings. The lowest BCUT2D eigenvalue weighted by molar-refractivity contribution is -0.138. The molecule has 0 aromatic carbocycles. The number of carbonyl (C=O) groups excluding carboxylic acids is 1. The molecule has 1 heterocycles. The molecular formula is C14H14F3NO4. The first kappa shape index (κ1) is 17.8. The van der Waals surface area contributed by atoms with Crippen LogP contribution in [0.3, 0.4) is 0 Å². The van der Waals surface area contributed by atoms with Gasteiger partial charge in [-0.15, -0.1) is 6.42 Å². The van der Waals surface area contributed by atoms with Crippen LogP contribution in [0.5, 0.6) is 0 Å². The number of halogens is 3. The zero-order chi connectivity index (χ0) is 16.8. The Balaban J connectivity index is 3.17. The monoisotopic (exact) mass is 317 g/mol. The number of hydrogen-bond donors (Lipinski definition) is 0. The van der Waals surface area contributed by atoms with Gasteiger partial charge < -0.3 is 14.0 Å². The number of rotatable bonds is 6. The predicted octanol–water partition coefficient (Wildman–Crippen LogP) is 1.69. The van der Waals surface area contributed by atoms with Gasteiger partial charge in [0.05, 0.1) is 24.3 Å². The van der Waals surface area contributed by atoms with E-state index in [9.17, 15) is 22.8 Å². The third-order valence-corrected chi connectivity index (χ3v) is 2.59. The number of terminal acetylenes is 1. The summed E-state index contributed by atoms with van der Waals surface area (Å²) in [5, 5.41) is 0. The van der Waals surface area contributed by atoms with Crippen LogP contribution in [0.4, 0.5) is 13.2 Å². The highest BCUT2D eigenvalue weighted by Gasteiger charge is 2.36. The fourth-order valence-electron chi connectivity index (χ4n) is 1.65. The maximum absolute atomic E-state index is 12.9. The van der Waals surface area contributed by atoms with E-state index < -0.39 is 28.8 Å². The minimum Gasteiger partial charge on any atom is -0.462 e. The van der Waals surface area contributed by atoms with Crippen molar-refractivity contribution >= 4 is 5.97 Å². The van der Waals surface area contributed by atoms with E-state index in [1.165, 1.54) is 6.92 Å². The molecule has 0 saturated carbocycles. The van der Waals surface area contributed by atoms with Gasteiger partial charge in [-0.25, -0.2) is 4.79 Å². The van der Waals surface area contributed by atoms with Crippen LogP contribution >= 0.6 is 0 Å². The second-order valence-electron chi connectivity index (χ2n) is 4.11. The third kappa shape index (κ3) is 4.63. The van der Waals surface area contributed by atoms with E-state index in [1.807, 2.05) is 0 Å². The first-order valence-electron chi connectivity index (χ1n) is 6.31. The van der Waals surface area contributed by atoms with Gasteiger partial charge in [0.1, 0.15) is 6.61 Å². The number of carbonyl (C=O) groups is 1. The van der Waals surface area contributed by atoms with Crippen LogP contribution in [0.2, 0.25) is 0 Å². The molecular weight excluding hydrogens is 303 g/mol. The van der Waals surface area contributed by atoms with Crippen LogP contribution < -0.4 is 5.56 Å².